The summed E-state index contributed by atoms with van der Waals surface area (Å²) in [4.78, 5) is 11.4. The smallest absolute Gasteiger partial charge is 0.338 e. The van der Waals surface area contributed by atoms with Crippen LogP contribution in [0.5, 0.6) is 0 Å². The molecule has 0 unspecified atom stereocenters. The van der Waals surface area contributed by atoms with Crippen molar-refractivity contribution in [1.29, 1.82) is 0 Å². The number of hydrogen-bond donors (Lipinski definition) is 0. The van der Waals surface area contributed by atoms with Crippen molar-refractivity contribution in [2.45, 2.75) is 13.8 Å². The zero-order valence-corrected chi connectivity index (χ0v) is 8.70. The van der Waals surface area contributed by atoms with Crippen molar-refractivity contribution >= 4 is 11.5 Å². The average Bonchev–Trinajstić information content (AvgIpc) is 2.21. The fraction of sp³-hybridized carbons (Fsp3) is 0.250. The van der Waals surface area contributed by atoms with E-state index in [1.807, 2.05) is 38.1 Å². The first-order chi connectivity index (χ1) is 6.70. The Balaban J connectivity index is 3.15. The number of carbonyl (C=O) groups is 1. The standard InChI is InChI=1S/C12H14O2/c1-4-10(12(13)14-3)11-8-6-5-7-9(11)2/h4-8H,1-3H3. The molecular formula is C12H14O2. The second kappa shape index (κ2) is 4.61. The molecule has 0 radical (unpaired) electrons. The van der Waals surface area contributed by atoms with Gasteiger partial charge in [0.05, 0.1) is 12.7 Å². The minimum atomic E-state index is -0.290. The van der Waals surface area contributed by atoms with E-state index in [4.69, 9.17) is 4.74 Å². The first-order valence-electron chi connectivity index (χ1n) is 4.51. The molecule has 14 heavy (non-hydrogen) atoms. The van der Waals surface area contributed by atoms with Gasteiger partial charge in [0.1, 0.15) is 0 Å². The molecule has 1 aromatic carbocycles. The zero-order valence-electron chi connectivity index (χ0n) is 8.70. The van der Waals surface area contributed by atoms with Crippen LogP contribution in [0.1, 0.15) is 18.1 Å². The van der Waals surface area contributed by atoms with Crippen molar-refractivity contribution in [3.8, 4) is 0 Å². The van der Waals surface area contributed by atoms with Crippen molar-refractivity contribution in [3.63, 3.8) is 0 Å². The quantitative estimate of drug-likeness (QED) is 0.529. The fourth-order valence-corrected chi connectivity index (χ4v) is 1.37. The van der Waals surface area contributed by atoms with Gasteiger partial charge in [-0.3, -0.25) is 0 Å². The summed E-state index contributed by atoms with van der Waals surface area (Å²) in [6.45, 7) is 3.81. The molecule has 0 spiro atoms. The largest absolute Gasteiger partial charge is 0.465 e. The average molecular weight is 190 g/mol. The van der Waals surface area contributed by atoms with Crippen molar-refractivity contribution in [2.75, 3.05) is 7.11 Å². The van der Waals surface area contributed by atoms with Gasteiger partial charge in [0, 0.05) is 0 Å². The molecular weight excluding hydrogens is 176 g/mol. The van der Waals surface area contributed by atoms with Gasteiger partial charge in [-0.2, -0.15) is 0 Å². The summed E-state index contributed by atoms with van der Waals surface area (Å²) in [6, 6.07) is 7.75. The first-order valence-corrected chi connectivity index (χ1v) is 4.51. The van der Waals surface area contributed by atoms with Crippen LogP contribution in [-0.2, 0) is 9.53 Å². The van der Waals surface area contributed by atoms with Crippen LogP contribution in [0.25, 0.3) is 5.57 Å². The highest BCUT2D eigenvalue weighted by Gasteiger charge is 2.12. The summed E-state index contributed by atoms with van der Waals surface area (Å²) >= 11 is 0. The molecule has 2 heteroatoms. The Labute approximate surface area is 84.2 Å². The highest BCUT2D eigenvalue weighted by molar-refractivity contribution is 6.16. The third-order valence-electron chi connectivity index (χ3n) is 2.13. The SMILES string of the molecule is CC=C(C(=O)OC)c1ccccc1C. The number of rotatable bonds is 2. The van der Waals surface area contributed by atoms with E-state index in [1.54, 1.807) is 6.08 Å². The molecule has 0 aliphatic carbocycles. The molecule has 0 N–H and O–H groups in total. The topological polar surface area (TPSA) is 26.3 Å². The van der Waals surface area contributed by atoms with Crippen molar-refractivity contribution < 1.29 is 9.53 Å². The lowest BCUT2D eigenvalue weighted by molar-refractivity contribution is -0.133. The minimum absolute atomic E-state index is 0.290. The van der Waals surface area contributed by atoms with E-state index >= 15 is 0 Å². The van der Waals surface area contributed by atoms with Gasteiger partial charge in [-0.25, -0.2) is 4.79 Å². The van der Waals surface area contributed by atoms with E-state index in [1.165, 1.54) is 7.11 Å². The van der Waals surface area contributed by atoms with Gasteiger partial charge in [0.15, 0.2) is 0 Å². The number of methoxy groups -OCH3 is 1. The van der Waals surface area contributed by atoms with Crippen LogP contribution >= 0.6 is 0 Å². The second-order valence-corrected chi connectivity index (χ2v) is 3.01. The Bertz CT molecular complexity index is 364. The normalized spacial score (nSPS) is 11.2. The number of aryl methyl sites for hydroxylation is 1. The third kappa shape index (κ3) is 2.02. The number of allylic oxidation sites excluding steroid dienone is 1. The molecule has 1 rings (SSSR count). The summed E-state index contributed by atoms with van der Waals surface area (Å²) in [5, 5.41) is 0. The molecule has 0 aromatic heterocycles. The van der Waals surface area contributed by atoms with Crippen molar-refractivity contribution in [1.82, 2.24) is 0 Å². The van der Waals surface area contributed by atoms with Gasteiger partial charge >= 0.3 is 5.97 Å². The lowest BCUT2D eigenvalue weighted by Gasteiger charge is -2.07. The summed E-state index contributed by atoms with van der Waals surface area (Å²) in [7, 11) is 1.39. The Morgan fingerprint density at radius 3 is 2.50 bits per heavy atom. The maximum Gasteiger partial charge on any atom is 0.338 e. The fourth-order valence-electron chi connectivity index (χ4n) is 1.37. The molecule has 0 saturated heterocycles. The number of esters is 1. The van der Waals surface area contributed by atoms with Crippen LogP contribution in [-0.4, -0.2) is 13.1 Å². The van der Waals surface area contributed by atoms with Crippen LogP contribution in [0.3, 0.4) is 0 Å². The van der Waals surface area contributed by atoms with Gasteiger partial charge in [0.25, 0.3) is 0 Å². The van der Waals surface area contributed by atoms with Crippen LogP contribution in [0.2, 0.25) is 0 Å². The lowest BCUT2D eigenvalue weighted by atomic mass is 10.0. The van der Waals surface area contributed by atoms with E-state index in [9.17, 15) is 4.79 Å². The number of hydrogen-bond acceptors (Lipinski definition) is 2. The predicted octanol–water partition coefficient (Wildman–Crippen LogP) is 2.57. The Morgan fingerprint density at radius 2 is 2.00 bits per heavy atom. The molecule has 0 fully saturated rings. The highest BCUT2D eigenvalue weighted by atomic mass is 16.5. The maximum atomic E-state index is 11.4. The Hall–Kier alpha value is -1.57. The van der Waals surface area contributed by atoms with Crippen LogP contribution in [0.4, 0.5) is 0 Å². The molecule has 74 valence electrons. The molecule has 0 amide bonds. The summed E-state index contributed by atoms with van der Waals surface area (Å²) in [5.41, 5.74) is 2.62. The summed E-state index contributed by atoms with van der Waals surface area (Å²) in [6.07, 6.45) is 1.77. The molecule has 0 atom stereocenters. The number of benzene rings is 1. The van der Waals surface area contributed by atoms with Gasteiger partial charge in [-0.05, 0) is 25.0 Å². The van der Waals surface area contributed by atoms with Gasteiger partial charge < -0.3 is 4.74 Å². The molecule has 2 nitrogen and oxygen atoms in total. The molecule has 0 aliphatic rings. The molecule has 0 saturated carbocycles. The predicted molar refractivity (Wildman–Crippen MR) is 56.8 cm³/mol. The minimum Gasteiger partial charge on any atom is -0.465 e. The van der Waals surface area contributed by atoms with E-state index in [0.717, 1.165) is 11.1 Å². The summed E-state index contributed by atoms with van der Waals surface area (Å²) in [5.74, 6) is -0.290. The molecule has 0 aliphatic heterocycles. The molecule has 0 bridgehead atoms. The van der Waals surface area contributed by atoms with Crippen LogP contribution in [0.15, 0.2) is 30.3 Å². The number of ether oxygens (including phenoxy) is 1. The van der Waals surface area contributed by atoms with Gasteiger partial charge in [-0.15, -0.1) is 0 Å². The molecule has 0 heterocycles. The zero-order chi connectivity index (χ0) is 10.6. The Kier molecular flexibility index (Phi) is 3.46. The second-order valence-electron chi connectivity index (χ2n) is 3.01. The third-order valence-corrected chi connectivity index (χ3v) is 2.13. The van der Waals surface area contributed by atoms with E-state index in [0.29, 0.717) is 5.57 Å². The lowest BCUT2D eigenvalue weighted by Crippen LogP contribution is -2.04. The monoisotopic (exact) mass is 190 g/mol. The van der Waals surface area contributed by atoms with Gasteiger partial charge in [0.2, 0.25) is 0 Å². The van der Waals surface area contributed by atoms with E-state index < -0.39 is 0 Å². The molecule has 1 aromatic rings. The van der Waals surface area contributed by atoms with Gasteiger partial charge in [-0.1, -0.05) is 30.3 Å². The van der Waals surface area contributed by atoms with Crippen LogP contribution in [0, 0.1) is 6.92 Å². The summed E-state index contributed by atoms with van der Waals surface area (Å²) < 4.78 is 4.71. The van der Waals surface area contributed by atoms with Crippen molar-refractivity contribution in [3.05, 3.63) is 41.5 Å². The van der Waals surface area contributed by atoms with E-state index in [2.05, 4.69) is 0 Å². The first kappa shape index (κ1) is 10.5. The van der Waals surface area contributed by atoms with Crippen molar-refractivity contribution in [2.24, 2.45) is 0 Å². The van der Waals surface area contributed by atoms with E-state index in [-0.39, 0.29) is 5.97 Å². The van der Waals surface area contributed by atoms with Crippen LogP contribution < -0.4 is 0 Å². The maximum absolute atomic E-state index is 11.4. The Morgan fingerprint density at radius 1 is 1.36 bits per heavy atom. The highest BCUT2D eigenvalue weighted by Crippen LogP contribution is 2.19. The number of carbonyl (C=O) groups excluding carboxylic acids is 1.